The molecule has 110 valence electrons. The second-order valence-electron chi connectivity index (χ2n) is 6.18. The van der Waals surface area contributed by atoms with Crippen molar-refractivity contribution in [1.29, 1.82) is 0 Å². The van der Waals surface area contributed by atoms with Crippen LogP contribution in [0.1, 0.15) is 38.4 Å². The van der Waals surface area contributed by atoms with Crippen molar-refractivity contribution in [2.24, 2.45) is 0 Å². The topological polar surface area (TPSA) is 26.7 Å². The minimum Gasteiger partial charge on any atom is -0.389 e. The van der Waals surface area contributed by atoms with E-state index in [0.717, 1.165) is 13.1 Å². The fourth-order valence-electron chi connectivity index (χ4n) is 3.54. The summed E-state index contributed by atoms with van der Waals surface area (Å²) in [6, 6.07) is 6.02. The Balaban J connectivity index is 1.84. The number of halogens is 1. The number of rotatable bonds is 2. The zero-order chi connectivity index (χ0) is 14.3. The van der Waals surface area contributed by atoms with E-state index in [-0.39, 0.29) is 5.82 Å². The fraction of sp³-hybridized carbons (Fsp3) is 0.625. The smallest absolute Gasteiger partial charge is 0.146 e. The lowest BCUT2D eigenvalue weighted by Crippen LogP contribution is -2.55. The van der Waals surface area contributed by atoms with Gasteiger partial charge < -0.3 is 10.0 Å². The summed E-state index contributed by atoms with van der Waals surface area (Å²) in [7, 11) is 0. The molecule has 0 bridgehead atoms. The van der Waals surface area contributed by atoms with Crippen molar-refractivity contribution in [3.63, 3.8) is 0 Å². The maximum atomic E-state index is 14.3. The first kappa shape index (κ1) is 13.8. The number of nitrogens with zero attached hydrogens (tertiary/aromatic N) is 2. The second kappa shape index (κ2) is 5.34. The molecule has 3 rings (SSSR count). The lowest BCUT2D eigenvalue weighted by atomic mass is 10.0. The molecular formula is C16H23FN2O. The maximum absolute atomic E-state index is 14.3. The van der Waals surface area contributed by atoms with Crippen LogP contribution in [0.4, 0.5) is 10.1 Å². The monoisotopic (exact) mass is 278 g/mol. The van der Waals surface area contributed by atoms with Gasteiger partial charge in [-0.1, -0.05) is 6.07 Å². The number of hydrogen-bond acceptors (Lipinski definition) is 3. The second-order valence-corrected chi connectivity index (χ2v) is 6.18. The Morgan fingerprint density at radius 2 is 2.15 bits per heavy atom. The molecule has 0 saturated carbocycles. The molecule has 1 aromatic rings. The molecule has 0 aliphatic carbocycles. The number of piperazine rings is 1. The Kier molecular flexibility index (Phi) is 3.69. The molecule has 2 heterocycles. The minimum absolute atomic E-state index is 0.221. The molecule has 0 radical (unpaired) electrons. The van der Waals surface area contributed by atoms with E-state index in [9.17, 15) is 9.50 Å². The molecule has 2 aliphatic heterocycles. The van der Waals surface area contributed by atoms with Gasteiger partial charge in [0.05, 0.1) is 11.8 Å². The van der Waals surface area contributed by atoms with Crippen LogP contribution in [0.15, 0.2) is 18.2 Å². The van der Waals surface area contributed by atoms with Gasteiger partial charge in [-0.15, -0.1) is 0 Å². The average molecular weight is 278 g/mol. The summed E-state index contributed by atoms with van der Waals surface area (Å²) in [5.41, 5.74) is 1.31. The van der Waals surface area contributed by atoms with Crippen molar-refractivity contribution in [1.82, 2.24) is 4.90 Å². The van der Waals surface area contributed by atoms with Crippen LogP contribution in [0.3, 0.4) is 0 Å². The van der Waals surface area contributed by atoms with Gasteiger partial charge in [0.15, 0.2) is 0 Å². The van der Waals surface area contributed by atoms with E-state index in [1.54, 1.807) is 6.92 Å². The van der Waals surface area contributed by atoms with E-state index in [4.69, 9.17) is 0 Å². The molecule has 0 amide bonds. The lowest BCUT2D eigenvalue weighted by molar-refractivity contribution is 0.198. The zero-order valence-corrected chi connectivity index (χ0v) is 12.2. The number of aliphatic hydroxyl groups excluding tert-OH is 1. The summed E-state index contributed by atoms with van der Waals surface area (Å²) in [5.74, 6) is -0.221. The first-order chi connectivity index (χ1) is 9.56. The van der Waals surface area contributed by atoms with Crippen LogP contribution in [-0.4, -0.2) is 41.7 Å². The predicted octanol–water partition coefficient (Wildman–Crippen LogP) is 2.55. The van der Waals surface area contributed by atoms with Crippen LogP contribution in [0.2, 0.25) is 0 Å². The maximum Gasteiger partial charge on any atom is 0.146 e. The molecular weight excluding hydrogens is 255 g/mol. The van der Waals surface area contributed by atoms with E-state index >= 15 is 0 Å². The molecule has 2 unspecified atom stereocenters. The molecule has 1 N–H and O–H groups in total. The van der Waals surface area contributed by atoms with Crippen molar-refractivity contribution < 1.29 is 9.50 Å². The normalized spacial score (nSPS) is 28.5. The van der Waals surface area contributed by atoms with Gasteiger partial charge in [0, 0.05) is 25.2 Å². The highest BCUT2D eigenvalue weighted by Gasteiger charge is 2.35. The van der Waals surface area contributed by atoms with Crippen LogP contribution in [0.25, 0.3) is 0 Å². The summed E-state index contributed by atoms with van der Waals surface area (Å²) in [5, 5.41) is 9.54. The third-order valence-corrected chi connectivity index (χ3v) is 4.70. The standard InChI is InChI=1S/C16H23FN2O/c1-11-9-18-7-3-4-14(18)10-19(11)16-6-5-13(12(2)20)8-15(16)17/h5-6,8,11-12,14,20H,3-4,7,9-10H2,1-2H3/t11?,12-,14?/m0/s1. The Morgan fingerprint density at radius 1 is 1.35 bits per heavy atom. The van der Waals surface area contributed by atoms with Gasteiger partial charge in [-0.2, -0.15) is 0 Å². The van der Waals surface area contributed by atoms with Gasteiger partial charge in [0.25, 0.3) is 0 Å². The highest BCUT2D eigenvalue weighted by atomic mass is 19.1. The van der Waals surface area contributed by atoms with E-state index < -0.39 is 6.10 Å². The van der Waals surface area contributed by atoms with Gasteiger partial charge in [0.2, 0.25) is 0 Å². The van der Waals surface area contributed by atoms with Crippen molar-refractivity contribution in [3.8, 4) is 0 Å². The third kappa shape index (κ3) is 2.42. The van der Waals surface area contributed by atoms with Crippen LogP contribution in [0.5, 0.6) is 0 Å². The highest BCUT2D eigenvalue weighted by molar-refractivity contribution is 5.51. The molecule has 3 nitrogen and oxygen atoms in total. The summed E-state index contributed by atoms with van der Waals surface area (Å²) in [6.07, 6.45) is 1.85. The van der Waals surface area contributed by atoms with Crippen LogP contribution >= 0.6 is 0 Å². The van der Waals surface area contributed by atoms with E-state index in [1.807, 2.05) is 12.1 Å². The SMILES string of the molecule is CC1CN2CCCC2CN1c1ccc([C@H](C)O)cc1F. The molecule has 2 aliphatic rings. The Hall–Kier alpha value is -1.13. The average Bonchev–Trinajstić information content (AvgIpc) is 2.84. The van der Waals surface area contributed by atoms with Gasteiger partial charge in [-0.05, 0) is 50.9 Å². The van der Waals surface area contributed by atoms with Gasteiger partial charge in [-0.3, -0.25) is 4.90 Å². The first-order valence-corrected chi connectivity index (χ1v) is 7.54. The van der Waals surface area contributed by atoms with Crippen LogP contribution in [-0.2, 0) is 0 Å². The quantitative estimate of drug-likeness (QED) is 0.900. The van der Waals surface area contributed by atoms with Gasteiger partial charge >= 0.3 is 0 Å². The van der Waals surface area contributed by atoms with E-state index in [1.165, 1.54) is 25.5 Å². The number of benzene rings is 1. The highest BCUT2D eigenvalue weighted by Crippen LogP contribution is 2.31. The molecule has 3 atom stereocenters. The van der Waals surface area contributed by atoms with Crippen molar-refractivity contribution in [2.45, 2.75) is 44.9 Å². The predicted molar refractivity (Wildman–Crippen MR) is 78.4 cm³/mol. The van der Waals surface area contributed by atoms with Gasteiger partial charge in [-0.25, -0.2) is 4.39 Å². The van der Waals surface area contributed by atoms with Crippen molar-refractivity contribution in [3.05, 3.63) is 29.6 Å². The summed E-state index contributed by atoms with van der Waals surface area (Å²) in [4.78, 5) is 4.72. The Labute approximate surface area is 120 Å². The molecule has 20 heavy (non-hydrogen) atoms. The molecule has 1 aromatic carbocycles. The van der Waals surface area contributed by atoms with E-state index in [2.05, 4.69) is 16.7 Å². The summed E-state index contributed by atoms with van der Waals surface area (Å²) >= 11 is 0. The minimum atomic E-state index is -0.623. The third-order valence-electron chi connectivity index (χ3n) is 4.70. The van der Waals surface area contributed by atoms with Crippen LogP contribution in [0, 0.1) is 5.82 Å². The van der Waals surface area contributed by atoms with Crippen molar-refractivity contribution in [2.75, 3.05) is 24.5 Å². The molecule has 0 spiro atoms. The Morgan fingerprint density at radius 3 is 2.85 bits per heavy atom. The number of anilines is 1. The molecule has 0 aromatic heterocycles. The van der Waals surface area contributed by atoms with Crippen molar-refractivity contribution >= 4 is 5.69 Å². The largest absolute Gasteiger partial charge is 0.389 e. The summed E-state index contributed by atoms with van der Waals surface area (Å²) < 4.78 is 14.3. The lowest BCUT2D eigenvalue weighted by Gasteiger charge is -2.43. The number of hydrogen-bond donors (Lipinski definition) is 1. The summed E-state index contributed by atoms with van der Waals surface area (Å²) in [6.45, 7) is 6.94. The number of aliphatic hydroxyl groups is 1. The molecule has 2 saturated heterocycles. The Bertz CT molecular complexity index is 491. The number of fused-ring (bicyclic) bond motifs is 1. The van der Waals surface area contributed by atoms with E-state index in [0.29, 0.717) is 23.3 Å². The van der Waals surface area contributed by atoms with Crippen LogP contribution < -0.4 is 4.90 Å². The fourth-order valence-corrected chi connectivity index (χ4v) is 3.54. The zero-order valence-electron chi connectivity index (χ0n) is 12.2. The molecule has 4 heteroatoms. The molecule has 2 fully saturated rings. The van der Waals surface area contributed by atoms with Gasteiger partial charge in [0.1, 0.15) is 5.82 Å². The first-order valence-electron chi connectivity index (χ1n) is 7.54.